The molecule has 0 unspecified atom stereocenters. The second-order valence-electron chi connectivity index (χ2n) is 5.26. The number of aromatic nitrogens is 1. The number of hydrogen-bond donors (Lipinski definition) is 2. The normalized spacial score (nSPS) is 10.8. The second kappa shape index (κ2) is 6.43. The van der Waals surface area contributed by atoms with E-state index < -0.39 is 0 Å². The third-order valence-corrected chi connectivity index (χ3v) is 3.69. The Morgan fingerprint density at radius 3 is 2.86 bits per heavy atom. The molecule has 3 nitrogen and oxygen atoms in total. The molecule has 0 atom stereocenters. The van der Waals surface area contributed by atoms with E-state index in [0.717, 1.165) is 22.0 Å². The van der Waals surface area contributed by atoms with Gasteiger partial charge in [0.05, 0.1) is 0 Å². The Bertz CT molecular complexity index is 794. The lowest BCUT2D eigenvalue weighted by Gasteiger charge is -2.06. The van der Waals surface area contributed by atoms with E-state index in [1.54, 1.807) is 12.1 Å². The Morgan fingerprint density at radius 2 is 2.00 bits per heavy atom. The zero-order valence-corrected chi connectivity index (χ0v) is 12.1. The first-order valence-corrected chi connectivity index (χ1v) is 7.28. The molecule has 2 aromatic carbocycles. The molecule has 0 aliphatic heterocycles. The van der Waals surface area contributed by atoms with Crippen molar-refractivity contribution in [3.8, 4) is 0 Å². The molecule has 0 fully saturated rings. The van der Waals surface area contributed by atoms with Gasteiger partial charge in [-0.2, -0.15) is 0 Å². The summed E-state index contributed by atoms with van der Waals surface area (Å²) in [4.78, 5) is 15.1. The molecule has 1 heterocycles. The van der Waals surface area contributed by atoms with Crippen LogP contribution in [-0.2, 0) is 17.8 Å². The third-order valence-electron chi connectivity index (χ3n) is 3.69. The minimum atomic E-state index is -0.286. The fourth-order valence-corrected chi connectivity index (χ4v) is 2.55. The Morgan fingerprint density at radius 1 is 1.14 bits per heavy atom. The first-order valence-electron chi connectivity index (χ1n) is 7.28. The number of aryl methyl sites for hydroxylation is 1. The average Bonchev–Trinajstić information content (AvgIpc) is 3.00. The highest BCUT2D eigenvalue weighted by atomic mass is 19.1. The summed E-state index contributed by atoms with van der Waals surface area (Å²) < 4.78 is 13.1. The lowest BCUT2D eigenvalue weighted by atomic mass is 10.1. The van der Waals surface area contributed by atoms with E-state index in [9.17, 15) is 9.18 Å². The van der Waals surface area contributed by atoms with Crippen molar-refractivity contribution < 1.29 is 9.18 Å². The maximum absolute atomic E-state index is 13.1. The largest absolute Gasteiger partial charge is 0.361 e. The number of aromatic amines is 1. The number of fused-ring (bicyclic) bond motifs is 1. The second-order valence-corrected chi connectivity index (χ2v) is 5.26. The molecule has 0 aliphatic rings. The van der Waals surface area contributed by atoms with Crippen LogP contribution in [0.2, 0.25) is 0 Å². The van der Waals surface area contributed by atoms with Gasteiger partial charge in [0, 0.05) is 30.1 Å². The van der Waals surface area contributed by atoms with E-state index >= 15 is 0 Å². The molecular formula is C18H17FN2O. The van der Waals surface area contributed by atoms with E-state index in [0.29, 0.717) is 19.4 Å². The van der Waals surface area contributed by atoms with E-state index in [1.807, 2.05) is 30.5 Å². The summed E-state index contributed by atoms with van der Waals surface area (Å²) in [5, 5.41) is 3.98. The molecule has 1 amide bonds. The van der Waals surface area contributed by atoms with Crippen LogP contribution in [0.5, 0.6) is 0 Å². The van der Waals surface area contributed by atoms with Crippen LogP contribution in [0.4, 0.5) is 4.39 Å². The highest BCUT2D eigenvalue weighted by Gasteiger charge is 2.06. The topological polar surface area (TPSA) is 44.9 Å². The molecule has 0 aliphatic carbocycles. The molecule has 4 heteroatoms. The van der Waals surface area contributed by atoms with Crippen molar-refractivity contribution in [1.82, 2.24) is 10.3 Å². The van der Waals surface area contributed by atoms with Crippen LogP contribution < -0.4 is 5.32 Å². The van der Waals surface area contributed by atoms with Crippen molar-refractivity contribution >= 4 is 16.8 Å². The summed E-state index contributed by atoms with van der Waals surface area (Å²) in [6.07, 6.45) is 3.00. The van der Waals surface area contributed by atoms with E-state index in [4.69, 9.17) is 0 Å². The quantitative estimate of drug-likeness (QED) is 0.743. The predicted molar refractivity (Wildman–Crippen MR) is 84.9 cm³/mol. The number of amides is 1. The smallest absolute Gasteiger partial charge is 0.220 e. The molecule has 2 N–H and O–H groups in total. The summed E-state index contributed by atoms with van der Waals surface area (Å²) in [6, 6.07) is 14.3. The van der Waals surface area contributed by atoms with Crippen LogP contribution >= 0.6 is 0 Å². The van der Waals surface area contributed by atoms with Crippen LogP contribution in [0.15, 0.2) is 54.7 Å². The van der Waals surface area contributed by atoms with Crippen molar-refractivity contribution in [2.45, 2.75) is 19.4 Å². The van der Waals surface area contributed by atoms with Gasteiger partial charge in [-0.15, -0.1) is 0 Å². The Balaban J connectivity index is 1.55. The van der Waals surface area contributed by atoms with Gasteiger partial charge in [0.15, 0.2) is 0 Å². The maximum atomic E-state index is 13.1. The Hall–Kier alpha value is -2.62. The van der Waals surface area contributed by atoms with Crippen molar-refractivity contribution in [3.63, 3.8) is 0 Å². The number of rotatable bonds is 5. The van der Waals surface area contributed by atoms with E-state index in [2.05, 4.69) is 10.3 Å². The summed E-state index contributed by atoms with van der Waals surface area (Å²) in [5.41, 5.74) is 3.00. The van der Waals surface area contributed by atoms with Crippen LogP contribution in [0, 0.1) is 5.82 Å². The summed E-state index contributed by atoms with van der Waals surface area (Å²) in [6.45, 7) is 0.352. The monoisotopic (exact) mass is 296 g/mol. The molecule has 112 valence electrons. The molecule has 0 radical (unpaired) electrons. The Labute approximate surface area is 128 Å². The summed E-state index contributed by atoms with van der Waals surface area (Å²) >= 11 is 0. The fraction of sp³-hybridized carbons (Fsp3) is 0.167. The van der Waals surface area contributed by atoms with E-state index in [1.165, 1.54) is 12.1 Å². The van der Waals surface area contributed by atoms with Crippen molar-refractivity contribution in [1.29, 1.82) is 0 Å². The van der Waals surface area contributed by atoms with Crippen LogP contribution in [-0.4, -0.2) is 10.9 Å². The molecule has 0 spiro atoms. The van der Waals surface area contributed by atoms with Gasteiger partial charge in [0.25, 0.3) is 0 Å². The van der Waals surface area contributed by atoms with Gasteiger partial charge in [0.1, 0.15) is 5.82 Å². The zero-order valence-electron chi connectivity index (χ0n) is 12.1. The Kier molecular flexibility index (Phi) is 4.19. The number of hydrogen-bond acceptors (Lipinski definition) is 1. The van der Waals surface area contributed by atoms with Crippen LogP contribution in [0.3, 0.4) is 0 Å². The molecule has 0 saturated carbocycles. The molecule has 0 bridgehead atoms. The van der Waals surface area contributed by atoms with E-state index in [-0.39, 0.29) is 11.7 Å². The maximum Gasteiger partial charge on any atom is 0.220 e. The van der Waals surface area contributed by atoms with Crippen molar-refractivity contribution in [2.75, 3.05) is 0 Å². The minimum absolute atomic E-state index is 0.0307. The van der Waals surface area contributed by atoms with Gasteiger partial charge in [-0.3, -0.25) is 4.79 Å². The number of benzene rings is 2. The molecule has 0 saturated heterocycles. The van der Waals surface area contributed by atoms with Gasteiger partial charge in [0.2, 0.25) is 5.91 Å². The fourth-order valence-electron chi connectivity index (χ4n) is 2.55. The van der Waals surface area contributed by atoms with Crippen LogP contribution in [0.1, 0.15) is 17.5 Å². The molecule has 3 aromatic rings. The van der Waals surface area contributed by atoms with Crippen molar-refractivity contribution in [2.24, 2.45) is 0 Å². The number of carbonyl (C=O) groups excluding carboxylic acids is 1. The standard InChI is InChI=1S/C18H17FN2O/c19-15-5-1-3-13(11-15)12-21-18(22)8-7-14-4-2-6-17-16(14)9-10-20-17/h1-6,9-11,20H,7-8,12H2,(H,21,22). The van der Waals surface area contributed by atoms with Gasteiger partial charge >= 0.3 is 0 Å². The number of nitrogens with one attached hydrogen (secondary N) is 2. The van der Waals surface area contributed by atoms with Gasteiger partial charge in [-0.1, -0.05) is 24.3 Å². The molecular weight excluding hydrogens is 279 g/mol. The minimum Gasteiger partial charge on any atom is -0.361 e. The lowest BCUT2D eigenvalue weighted by molar-refractivity contribution is -0.121. The average molecular weight is 296 g/mol. The van der Waals surface area contributed by atoms with Crippen molar-refractivity contribution in [3.05, 3.63) is 71.7 Å². The molecule has 1 aromatic heterocycles. The van der Waals surface area contributed by atoms with Gasteiger partial charge < -0.3 is 10.3 Å². The highest BCUT2D eigenvalue weighted by molar-refractivity contribution is 5.84. The van der Waals surface area contributed by atoms with Gasteiger partial charge in [-0.05, 0) is 41.8 Å². The zero-order chi connectivity index (χ0) is 15.4. The highest BCUT2D eigenvalue weighted by Crippen LogP contribution is 2.18. The summed E-state index contributed by atoms with van der Waals surface area (Å²) in [7, 11) is 0. The number of H-pyrrole nitrogens is 1. The SMILES string of the molecule is O=C(CCc1cccc2[nH]ccc12)NCc1cccc(F)c1. The van der Waals surface area contributed by atoms with Gasteiger partial charge in [-0.25, -0.2) is 4.39 Å². The molecule has 22 heavy (non-hydrogen) atoms. The number of halogens is 1. The lowest BCUT2D eigenvalue weighted by Crippen LogP contribution is -2.23. The van der Waals surface area contributed by atoms with Crippen LogP contribution in [0.25, 0.3) is 10.9 Å². The number of carbonyl (C=O) groups is 1. The first-order chi connectivity index (χ1) is 10.7. The third kappa shape index (κ3) is 3.34. The first kappa shape index (κ1) is 14.3. The molecule has 3 rings (SSSR count). The predicted octanol–water partition coefficient (Wildman–Crippen LogP) is 3.56. The summed E-state index contributed by atoms with van der Waals surface area (Å²) in [5.74, 6) is -0.317.